The lowest BCUT2D eigenvalue weighted by molar-refractivity contribution is 0.0300. The summed E-state index contributed by atoms with van der Waals surface area (Å²) in [4.78, 5) is 34.3. The van der Waals surface area contributed by atoms with Crippen molar-refractivity contribution >= 4 is 5.91 Å². The molecule has 6 heteroatoms. The normalized spacial score (nSPS) is 17.8. The fourth-order valence-corrected chi connectivity index (χ4v) is 3.09. The number of carbonyl (C=O) groups is 1. The largest absolute Gasteiger partial charge is 0.384 e. The Kier molecular flexibility index (Phi) is 5.18. The van der Waals surface area contributed by atoms with E-state index >= 15 is 0 Å². The van der Waals surface area contributed by atoms with Crippen molar-refractivity contribution in [1.29, 1.82) is 0 Å². The van der Waals surface area contributed by atoms with Crippen LogP contribution in [0.3, 0.4) is 0 Å². The van der Waals surface area contributed by atoms with Crippen LogP contribution in [-0.4, -0.2) is 47.6 Å². The lowest BCUT2D eigenvalue weighted by atomic mass is 9.81. The van der Waals surface area contributed by atoms with Crippen LogP contribution in [-0.2, 0) is 10.2 Å². The van der Waals surface area contributed by atoms with Crippen LogP contribution in [0.25, 0.3) is 0 Å². The highest BCUT2D eigenvalue weighted by Crippen LogP contribution is 2.31. The molecule has 1 aromatic heterocycles. The SMILES string of the molecule is COCC1(C)CCN(C(=O)c2c(C)nc(C(C)(C)C)[nH]c2=O)CC1. The van der Waals surface area contributed by atoms with Crippen LogP contribution in [0, 0.1) is 12.3 Å². The number of piperidine rings is 1. The zero-order valence-corrected chi connectivity index (χ0v) is 15.7. The van der Waals surface area contributed by atoms with E-state index in [1.54, 1.807) is 18.9 Å². The molecule has 0 aliphatic carbocycles. The van der Waals surface area contributed by atoms with Crippen molar-refractivity contribution < 1.29 is 9.53 Å². The van der Waals surface area contributed by atoms with Gasteiger partial charge in [0.1, 0.15) is 11.4 Å². The van der Waals surface area contributed by atoms with Crippen LogP contribution < -0.4 is 5.56 Å². The van der Waals surface area contributed by atoms with Crippen molar-refractivity contribution in [2.45, 2.75) is 52.9 Å². The zero-order chi connectivity index (χ0) is 18.1. The number of rotatable bonds is 3. The van der Waals surface area contributed by atoms with E-state index in [1.165, 1.54) is 0 Å². The second-order valence-electron chi connectivity index (χ2n) is 8.16. The molecule has 1 aliphatic rings. The summed E-state index contributed by atoms with van der Waals surface area (Å²) < 4.78 is 5.28. The van der Waals surface area contributed by atoms with Gasteiger partial charge in [0.05, 0.1) is 12.3 Å². The maximum Gasteiger partial charge on any atom is 0.264 e. The Morgan fingerprint density at radius 2 is 1.92 bits per heavy atom. The van der Waals surface area contributed by atoms with Crippen molar-refractivity contribution in [2.75, 3.05) is 26.8 Å². The van der Waals surface area contributed by atoms with E-state index in [2.05, 4.69) is 16.9 Å². The molecular weight excluding hydrogens is 306 g/mol. The number of aromatic nitrogens is 2. The van der Waals surface area contributed by atoms with Gasteiger partial charge in [-0.25, -0.2) is 4.98 Å². The Morgan fingerprint density at radius 3 is 2.38 bits per heavy atom. The van der Waals surface area contributed by atoms with E-state index in [0.717, 1.165) is 12.8 Å². The highest BCUT2D eigenvalue weighted by molar-refractivity contribution is 5.94. The third-order valence-electron chi connectivity index (χ3n) is 4.78. The Balaban J connectivity index is 2.21. The number of ether oxygens (including phenoxy) is 1. The summed E-state index contributed by atoms with van der Waals surface area (Å²) in [5.74, 6) is 0.383. The van der Waals surface area contributed by atoms with Gasteiger partial charge in [0.25, 0.3) is 11.5 Å². The maximum atomic E-state index is 12.8. The minimum atomic E-state index is -0.345. The van der Waals surface area contributed by atoms with Crippen molar-refractivity contribution in [3.63, 3.8) is 0 Å². The van der Waals surface area contributed by atoms with Gasteiger partial charge in [0.2, 0.25) is 0 Å². The molecule has 1 amide bonds. The minimum absolute atomic E-state index is 0.0985. The fraction of sp³-hybridized carbons (Fsp3) is 0.722. The highest BCUT2D eigenvalue weighted by Gasteiger charge is 2.33. The number of carbonyl (C=O) groups excluding carboxylic acids is 1. The van der Waals surface area contributed by atoms with E-state index in [-0.39, 0.29) is 27.9 Å². The number of nitrogens with one attached hydrogen (secondary N) is 1. The van der Waals surface area contributed by atoms with Gasteiger partial charge in [-0.2, -0.15) is 0 Å². The van der Waals surface area contributed by atoms with Crippen molar-refractivity contribution in [2.24, 2.45) is 5.41 Å². The van der Waals surface area contributed by atoms with Crippen LogP contribution in [0.15, 0.2) is 4.79 Å². The first-order valence-corrected chi connectivity index (χ1v) is 8.47. The highest BCUT2D eigenvalue weighted by atomic mass is 16.5. The summed E-state index contributed by atoms with van der Waals surface area (Å²) in [6.45, 7) is 11.8. The van der Waals surface area contributed by atoms with Crippen LogP contribution in [0.2, 0.25) is 0 Å². The van der Waals surface area contributed by atoms with Crippen LogP contribution in [0.1, 0.15) is 62.4 Å². The van der Waals surface area contributed by atoms with Gasteiger partial charge >= 0.3 is 0 Å². The molecule has 6 nitrogen and oxygen atoms in total. The van der Waals surface area contributed by atoms with Gasteiger partial charge in [0.15, 0.2) is 0 Å². The molecule has 1 aromatic rings. The predicted octanol–water partition coefficient (Wildman–Crippen LogP) is 2.26. The fourth-order valence-electron chi connectivity index (χ4n) is 3.09. The van der Waals surface area contributed by atoms with Crippen molar-refractivity contribution in [1.82, 2.24) is 14.9 Å². The van der Waals surface area contributed by atoms with Gasteiger partial charge in [-0.3, -0.25) is 9.59 Å². The number of nitrogens with zero attached hydrogens (tertiary/aromatic N) is 2. The molecule has 2 heterocycles. The number of aryl methyl sites for hydroxylation is 1. The molecule has 0 unspecified atom stereocenters. The van der Waals surface area contributed by atoms with E-state index in [4.69, 9.17) is 4.74 Å². The van der Waals surface area contributed by atoms with E-state index in [0.29, 0.717) is 31.2 Å². The van der Waals surface area contributed by atoms with Crippen LogP contribution in [0.4, 0.5) is 0 Å². The average molecular weight is 335 g/mol. The monoisotopic (exact) mass is 335 g/mol. The molecule has 0 bridgehead atoms. The maximum absolute atomic E-state index is 12.8. The van der Waals surface area contributed by atoms with Gasteiger partial charge in [-0.05, 0) is 25.2 Å². The van der Waals surface area contributed by atoms with Crippen LogP contribution in [0.5, 0.6) is 0 Å². The molecule has 24 heavy (non-hydrogen) atoms. The van der Waals surface area contributed by atoms with E-state index in [1.807, 2.05) is 20.8 Å². The second kappa shape index (κ2) is 6.67. The molecule has 2 rings (SSSR count). The summed E-state index contributed by atoms with van der Waals surface area (Å²) in [5.41, 5.74) is 0.153. The molecule has 0 aromatic carbocycles. The number of aromatic amines is 1. The summed E-state index contributed by atoms with van der Waals surface area (Å²) in [6, 6.07) is 0. The summed E-state index contributed by atoms with van der Waals surface area (Å²) in [5, 5.41) is 0. The molecule has 1 aliphatic heterocycles. The van der Waals surface area contributed by atoms with Gasteiger partial charge in [0, 0.05) is 25.6 Å². The lowest BCUT2D eigenvalue weighted by Gasteiger charge is -2.39. The van der Waals surface area contributed by atoms with Crippen molar-refractivity contribution in [3.05, 3.63) is 27.4 Å². The van der Waals surface area contributed by atoms with Crippen molar-refractivity contribution in [3.8, 4) is 0 Å². The van der Waals surface area contributed by atoms with Gasteiger partial charge in [-0.15, -0.1) is 0 Å². The first kappa shape index (κ1) is 18.6. The Bertz CT molecular complexity index is 665. The smallest absolute Gasteiger partial charge is 0.264 e. The summed E-state index contributed by atoms with van der Waals surface area (Å²) >= 11 is 0. The Morgan fingerprint density at radius 1 is 1.33 bits per heavy atom. The van der Waals surface area contributed by atoms with Gasteiger partial charge < -0.3 is 14.6 Å². The first-order chi connectivity index (χ1) is 11.1. The molecule has 0 radical (unpaired) electrons. The predicted molar refractivity (Wildman–Crippen MR) is 93.4 cm³/mol. The molecular formula is C18H29N3O3. The molecule has 0 atom stereocenters. The number of amides is 1. The Hall–Kier alpha value is -1.69. The molecule has 0 saturated carbocycles. The number of hydrogen-bond donors (Lipinski definition) is 1. The first-order valence-electron chi connectivity index (χ1n) is 8.47. The van der Waals surface area contributed by atoms with E-state index < -0.39 is 0 Å². The molecule has 0 spiro atoms. The standard InChI is InChI=1S/C18H29N3O3/c1-12-13(14(22)20-16(19-12)17(2,3)4)15(23)21-9-7-18(5,8-10-21)11-24-6/h7-11H2,1-6H3,(H,19,20,22). The zero-order valence-electron chi connectivity index (χ0n) is 15.7. The number of likely N-dealkylation sites (tertiary alicyclic amines) is 1. The second-order valence-corrected chi connectivity index (χ2v) is 8.16. The number of methoxy groups -OCH3 is 1. The summed E-state index contributed by atoms with van der Waals surface area (Å²) in [6.07, 6.45) is 1.74. The minimum Gasteiger partial charge on any atom is -0.384 e. The quantitative estimate of drug-likeness (QED) is 0.919. The van der Waals surface area contributed by atoms with E-state index in [9.17, 15) is 9.59 Å². The molecule has 1 fully saturated rings. The third-order valence-corrected chi connectivity index (χ3v) is 4.78. The molecule has 1 N–H and O–H groups in total. The van der Waals surface area contributed by atoms with Crippen LogP contribution >= 0.6 is 0 Å². The number of hydrogen-bond acceptors (Lipinski definition) is 4. The average Bonchev–Trinajstić information content (AvgIpc) is 2.46. The topological polar surface area (TPSA) is 75.3 Å². The molecule has 1 saturated heterocycles. The molecule has 134 valence electrons. The Labute approximate surface area is 143 Å². The third kappa shape index (κ3) is 3.86. The summed E-state index contributed by atoms with van der Waals surface area (Å²) in [7, 11) is 1.70. The van der Waals surface area contributed by atoms with Gasteiger partial charge in [-0.1, -0.05) is 27.7 Å². The lowest BCUT2D eigenvalue weighted by Crippen LogP contribution is -2.45. The number of H-pyrrole nitrogens is 1.